The van der Waals surface area contributed by atoms with E-state index >= 15 is 4.39 Å². The Hall–Kier alpha value is -3.86. The number of nitrogens with zero attached hydrogens (tertiary/aromatic N) is 4. The predicted molar refractivity (Wildman–Crippen MR) is 231 cm³/mol. The van der Waals surface area contributed by atoms with E-state index < -0.39 is 125 Å². The van der Waals surface area contributed by atoms with Gasteiger partial charge in [-0.05, 0) is 103 Å². The van der Waals surface area contributed by atoms with Crippen LogP contribution in [0.3, 0.4) is 0 Å². The van der Waals surface area contributed by atoms with Crippen LogP contribution in [-0.2, 0) is 74.6 Å². The molecule has 1 fully saturated rings. The summed E-state index contributed by atoms with van der Waals surface area (Å²) < 4.78 is 121. The zero-order valence-electron chi connectivity index (χ0n) is 41.8. The van der Waals surface area contributed by atoms with E-state index in [4.69, 9.17) is 53.6 Å². The third kappa shape index (κ3) is 15.3. The first kappa shape index (κ1) is 53.1. The summed E-state index contributed by atoms with van der Waals surface area (Å²) in [6.45, 7) is 15.6. The monoisotopic (exact) mass is 989 g/mol. The van der Waals surface area contributed by atoms with E-state index in [1.165, 1.54) is 0 Å². The molecule has 2 aromatic heterocycles. The molecule has 1 aliphatic rings. The highest BCUT2D eigenvalue weighted by molar-refractivity contribution is 7.49. The van der Waals surface area contributed by atoms with E-state index in [0.717, 1.165) is 10.9 Å². The molecular weight excluding hydrogens is 919 g/mol. The molecule has 23 nitrogen and oxygen atoms in total. The fourth-order valence-electron chi connectivity index (χ4n) is 5.50. The van der Waals surface area contributed by atoms with E-state index in [2.05, 4.69) is 25.4 Å². The molecule has 2 N–H and O–H groups in total. The summed E-state index contributed by atoms with van der Waals surface area (Å²) in [5, 5.41) is 7.36. The van der Waals surface area contributed by atoms with Gasteiger partial charge in [0.25, 0.3) is 5.88 Å². The number of nitrogens with one attached hydrogen (secondary N) is 1. The molecule has 4 atom stereocenters. The van der Waals surface area contributed by atoms with Gasteiger partial charge in [0.1, 0.15) is 5.60 Å². The van der Waals surface area contributed by atoms with Crippen LogP contribution in [-0.4, -0.2) is 109 Å². The lowest BCUT2D eigenvalue weighted by molar-refractivity contribution is -0.166. The minimum absolute atomic E-state index is 0.0125. The molecule has 0 aromatic carbocycles. The van der Waals surface area contributed by atoms with Crippen LogP contribution in [0.25, 0.3) is 11.2 Å². The van der Waals surface area contributed by atoms with Gasteiger partial charge in [0.2, 0.25) is 34.6 Å². The van der Waals surface area contributed by atoms with E-state index in [1.807, 2.05) is 0 Å². The van der Waals surface area contributed by atoms with Crippen molar-refractivity contribution in [2.24, 2.45) is 27.6 Å². The summed E-state index contributed by atoms with van der Waals surface area (Å²) in [7, 11) is -9.81. The Balaban J connectivity index is 2.08. The first-order chi connectivity index (χ1) is 31.3. The molecular formula is C40H66FN5O18P2. The fraction of sp³-hybridized carbons (Fsp3) is 0.775. The van der Waals surface area contributed by atoms with Gasteiger partial charge in [0, 0.05) is 20.4 Å². The Bertz CT molecular complexity index is 2070. The zero-order valence-corrected chi connectivity index (χ0v) is 41.6. The number of carbonyl (C=O) groups is 4. The summed E-state index contributed by atoms with van der Waals surface area (Å²) >= 11 is 0. The highest BCUT2D eigenvalue weighted by atomic mass is 31.2. The first-order valence-corrected chi connectivity index (χ1v) is 23.8. The van der Waals surface area contributed by atoms with Crippen molar-refractivity contribution in [3.63, 3.8) is 0 Å². The van der Waals surface area contributed by atoms with Crippen LogP contribution in [0.15, 0.2) is 6.33 Å². The lowest BCUT2D eigenvalue weighted by atomic mass is 9.82. The van der Waals surface area contributed by atoms with Gasteiger partial charge >= 0.3 is 39.5 Å². The molecule has 1 saturated heterocycles. The Morgan fingerprint density at radius 1 is 0.803 bits per heavy atom. The lowest BCUT2D eigenvalue weighted by Gasteiger charge is -2.34. The van der Waals surface area contributed by atoms with E-state index in [9.17, 15) is 28.3 Å². The topological polar surface area (TPSA) is 280 Å². The Kier molecular flexibility index (Phi) is 18.1. The lowest BCUT2D eigenvalue weighted by Crippen LogP contribution is -2.42. The molecule has 376 valence electrons. The molecule has 66 heavy (non-hydrogen) atoms. The van der Waals surface area contributed by atoms with Gasteiger partial charge < -0.3 is 38.6 Å². The number of alkyl halides is 1. The Labute approximate surface area is 386 Å². The molecule has 2 aromatic rings. The van der Waals surface area contributed by atoms with E-state index in [0.29, 0.717) is 0 Å². The van der Waals surface area contributed by atoms with E-state index in [1.54, 1.807) is 90.0 Å². The van der Waals surface area contributed by atoms with Crippen molar-refractivity contribution >= 4 is 56.6 Å². The van der Waals surface area contributed by atoms with Crippen molar-refractivity contribution in [2.45, 2.75) is 128 Å². The summed E-state index contributed by atoms with van der Waals surface area (Å²) in [6.07, 6.45) is -2.69. The number of ether oxygens (including phenoxy) is 5. The van der Waals surface area contributed by atoms with Crippen molar-refractivity contribution in [1.82, 2.24) is 19.5 Å². The summed E-state index contributed by atoms with van der Waals surface area (Å²) in [6, 6.07) is 0. The van der Waals surface area contributed by atoms with Crippen LogP contribution in [0.4, 0.5) is 10.3 Å². The second-order valence-electron chi connectivity index (χ2n) is 19.0. The van der Waals surface area contributed by atoms with Crippen LogP contribution < -0.4 is 9.84 Å². The third-order valence-corrected chi connectivity index (χ3v) is 11.9. The number of fused-ring (bicyclic) bond motifs is 1. The Morgan fingerprint density at radius 3 is 1.70 bits per heavy atom. The normalized spacial score (nSPS) is 20.1. The number of esters is 4. The van der Waals surface area contributed by atoms with Crippen molar-refractivity contribution < 1.29 is 90.0 Å². The Morgan fingerprint density at radius 2 is 1.27 bits per heavy atom. The van der Waals surface area contributed by atoms with Gasteiger partial charge in [-0.3, -0.25) is 28.3 Å². The van der Waals surface area contributed by atoms with Crippen LogP contribution in [0, 0.1) is 27.6 Å². The van der Waals surface area contributed by atoms with Crippen LogP contribution in [0.2, 0.25) is 0 Å². The number of hydrogen-bond acceptors (Lipinski definition) is 22. The number of aliphatic hydroxyl groups is 1. The molecule has 0 unspecified atom stereocenters. The number of phosphoric acid groups is 2. The molecule has 0 amide bonds. The summed E-state index contributed by atoms with van der Waals surface area (Å²) in [5.41, 5.74) is -6.09. The number of aliphatic hydroxyl groups excluding tert-OH is 1. The molecule has 0 bridgehead atoms. The average molecular weight is 990 g/mol. The minimum atomic E-state index is -4.97. The predicted octanol–water partition coefficient (Wildman–Crippen LogP) is 7.14. The molecule has 0 saturated carbocycles. The van der Waals surface area contributed by atoms with Crippen LogP contribution in [0.5, 0.6) is 5.88 Å². The molecule has 26 heteroatoms. The largest absolute Gasteiger partial charge is 0.537 e. The number of carbonyl (C=O) groups excluding carboxylic acids is 4. The van der Waals surface area contributed by atoms with Gasteiger partial charge in [-0.1, -0.05) is 6.92 Å². The van der Waals surface area contributed by atoms with Gasteiger partial charge in [-0.2, -0.15) is 9.97 Å². The zero-order chi connectivity index (χ0) is 51.5. The van der Waals surface area contributed by atoms with Gasteiger partial charge in [-0.15, -0.1) is 0 Å². The number of anilines is 1. The van der Waals surface area contributed by atoms with Crippen molar-refractivity contribution in [3.8, 4) is 5.88 Å². The van der Waals surface area contributed by atoms with Crippen molar-refractivity contribution in [1.29, 1.82) is 1.43 Å². The smallest absolute Gasteiger partial charge is 0.437 e. The quantitative estimate of drug-likeness (QED) is 0.0457. The van der Waals surface area contributed by atoms with Crippen LogP contribution in [0.1, 0.15) is 117 Å². The van der Waals surface area contributed by atoms with Crippen LogP contribution >= 0.6 is 15.6 Å². The molecule has 1 aliphatic heterocycles. The SMILES string of the molecule is [3H]CCNc1nc(OP(=O)(OCOC(=O)C(C)(C)C)OCOC(=O)C(C)(C)C)c2ncn([C@@H]3O[C@](CC)(COP(=O)(OCOC(=O)C(C)(C)C)OCOC(=O)C(C)(C)C)[C@@H](CCO[3H])[C@H]3F)c2n1. The fourth-order valence-corrected chi connectivity index (χ4v) is 7.35. The second kappa shape index (κ2) is 22.5. The molecule has 0 radical (unpaired) electrons. The second-order valence-corrected chi connectivity index (χ2v) is 22.3. The van der Waals surface area contributed by atoms with Crippen molar-refractivity contribution in [2.75, 3.05) is 52.2 Å². The maximum Gasteiger partial charge on any atom is 0.537 e. The van der Waals surface area contributed by atoms with E-state index in [-0.39, 0.29) is 50.0 Å². The standard InChI is InChI=1S/C40H66FN5O18P2/c1-15-40(19-58-65(52,59-21-54-31(48)36(3,4)5)60-22-55-32(49)37(6,7)8)25(17-18-47)26(41)30(63-40)46-20-43-27-28(46)44-35(42-16-2)45-29(27)64-66(53,61-23-56-33(50)38(9,10)11)62-24-57-34(51)39(12,13)14/h20,25-26,30,47H,15-19,21-24H2,1-14H3,(H,42,44,45)/t25-,26+,30+,40+/m0/s1/i2T,47T. The summed E-state index contributed by atoms with van der Waals surface area (Å²) in [5.74, 6) is -4.92. The molecule has 3 rings (SSSR count). The average Bonchev–Trinajstić information content (AvgIpc) is 3.77. The maximum absolute atomic E-state index is 17.2. The van der Waals surface area contributed by atoms with Gasteiger partial charge in [-0.25, -0.2) is 36.6 Å². The first-order valence-electron chi connectivity index (χ1n) is 22.0. The third-order valence-electron chi connectivity index (χ3n) is 9.38. The van der Waals surface area contributed by atoms with Gasteiger partial charge in [0.05, 0.1) is 34.6 Å². The highest BCUT2D eigenvalue weighted by Gasteiger charge is 2.56. The summed E-state index contributed by atoms with van der Waals surface area (Å²) in [4.78, 5) is 62.9. The molecule has 0 spiro atoms. The van der Waals surface area contributed by atoms with Crippen molar-refractivity contribution in [3.05, 3.63) is 6.33 Å². The molecule has 3 heterocycles. The minimum Gasteiger partial charge on any atom is -0.437 e. The van der Waals surface area contributed by atoms with Gasteiger partial charge in [0.15, 0.2) is 23.6 Å². The highest BCUT2D eigenvalue weighted by Crippen LogP contribution is 2.55. The number of hydrogen-bond donors (Lipinski definition) is 2. The number of phosphoric ester groups is 2. The maximum atomic E-state index is 17.2. The number of halogens is 1. The number of imidazole rings is 1. The molecule has 0 aliphatic carbocycles. The number of aromatic nitrogens is 4. The number of rotatable bonds is 24.